The maximum absolute atomic E-state index is 5.41. The van der Waals surface area contributed by atoms with Gasteiger partial charge in [0.2, 0.25) is 0 Å². The summed E-state index contributed by atoms with van der Waals surface area (Å²) in [6.45, 7) is 6.10. The van der Waals surface area contributed by atoms with E-state index in [0.29, 0.717) is 6.04 Å². The second-order valence-corrected chi connectivity index (χ2v) is 6.60. The van der Waals surface area contributed by atoms with Gasteiger partial charge in [0.25, 0.3) is 0 Å². The van der Waals surface area contributed by atoms with E-state index in [2.05, 4.69) is 41.4 Å². The fourth-order valence-electron chi connectivity index (χ4n) is 3.46. The van der Waals surface area contributed by atoms with Gasteiger partial charge in [-0.05, 0) is 49.4 Å². The summed E-state index contributed by atoms with van der Waals surface area (Å²) in [5, 5.41) is 3.73. The van der Waals surface area contributed by atoms with Crippen LogP contribution in [-0.4, -0.2) is 32.3 Å². The van der Waals surface area contributed by atoms with E-state index in [9.17, 15) is 0 Å². The van der Waals surface area contributed by atoms with Crippen LogP contribution in [0.4, 0.5) is 11.4 Å². The minimum Gasteiger partial charge on any atom is -0.382 e. The van der Waals surface area contributed by atoms with Gasteiger partial charge >= 0.3 is 0 Å². The lowest BCUT2D eigenvalue weighted by atomic mass is 10.0. The molecule has 1 saturated heterocycles. The maximum Gasteiger partial charge on any atom is 0.0642 e. The minimum atomic E-state index is 0.657. The lowest BCUT2D eigenvalue weighted by molar-refractivity contribution is 0.122. The Kier molecular flexibility index (Phi) is 5.02. The molecule has 1 aliphatic heterocycles. The first-order valence-corrected chi connectivity index (χ1v) is 8.50. The summed E-state index contributed by atoms with van der Waals surface area (Å²) in [7, 11) is 0. The Morgan fingerprint density at radius 3 is 2.52 bits per heavy atom. The molecule has 0 bridgehead atoms. The molecule has 3 nitrogen and oxygen atoms in total. The second-order valence-electron chi connectivity index (χ2n) is 6.60. The summed E-state index contributed by atoms with van der Waals surface area (Å²) < 4.78 is 5.41. The number of rotatable bonds is 3. The molecule has 2 atom stereocenters. The highest BCUT2D eigenvalue weighted by Crippen LogP contribution is 2.26. The van der Waals surface area contributed by atoms with Gasteiger partial charge in [-0.2, -0.15) is 0 Å². The zero-order valence-corrected chi connectivity index (χ0v) is 13.2. The van der Waals surface area contributed by atoms with Crippen LogP contribution in [0.2, 0.25) is 0 Å². The summed E-state index contributed by atoms with van der Waals surface area (Å²) in [4.78, 5) is 2.40. The largest absolute Gasteiger partial charge is 0.382 e. The highest BCUT2D eigenvalue weighted by molar-refractivity contribution is 5.55. The molecule has 0 amide bonds. The molecule has 0 aromatic heterocycles. The van der Waals surface area contributed by atoms with E-state index in [1.54, 1.807) is 0 Å². The number of morpholine rings is 1. The van der Waals surface area contributed by atoms with E-state index >= 15 is 0 Å². The number of benzene rings is 1. The Morgan fingerprint density at radius 1 is 1.00 bits per heavy atom. The molecule has 1 aliphatic carbocycles. The van der Waals surface area contributed by atoms with Crippen molar-refractivity contribution in [3.8, 4) is 0 Å². The van der Waals surface area contributed by atoms with Crippen LogP contribution in [0.25, 0.3) is 0 Å². The topological polar surface area (TPSA) is 24.5 Å². The standard InChI is InChI=1S/C18H28N2O/c1-15-3-2-4-16(6-5-15)19-17-7-9-18(10-8-17)20-11-13-21-14-12-20/h7-10,15-16,19H,2-6,11-14H2,1H3. The zero-order valence-electron chi connectivity index (χ0n) is 13.2. The molecule has 0 spiro atoms. The van der Waals surface area contributed by atoms with E-state index in [0.717, 1.165) is 32.2 Å². The van der Waals surface area contributed by atoms with Gasteiger partial charge in [0.05, 0.1) is 13.2 Å². The van der Waals surface area contributed by atoms with Gasteiger partial charge in [-0.3, -0.25) is 0 Å². The number of anilines is 2. The molecule has 1 heterocycles. The quantitative estimate of drug-likeness (QED) is 0.854. The Morgan fingerprint density at radius 2 is 1.76 bits per heavy atom. The van der Waals surface area contributed by atoms with Gasteiger partial charge < -0.3 is 15.0 Å². The summed E-state index contributed by atoms with van der Waals surface area (Å²) in [5.41, 5.74) is 2.59. The number of nitrogens with zero attached hydrogens (tertiary/aromatic N) is 1. The van der Waals surface area contributed by atoms with E-state index < -0.39 is 0 Å². The van der Waals surface area contributed by atoms with Crippen molar-refractivity contribution in [1.82, 2.24) is 0 Å². The van der Waals surface area contributed by atoms with Crippen molar-refractivity contribution in [2.24, 2.45) is 5.92 Å². The molecule has 2 fully saturated rings. The smallest absolute Gasteiger partial charge is 0.0642 e. The van der Waals surface area contributed by atoms with Crippen LogP contribution in [0.3, 0.4) is 0 Å². The third-order valence-corrected chi connectivity index (χ3v) is 4.87. The first-order chi connectivity index (χ1) is 10.3. The summed E-state index contributed by atoms with van der Waals surface area (Å²) in [5.74, 6) is 0.903. The summed E-state index contributed by atoms with van der Waals surface area (Å²) in [6.07, 6.45) is 6.75. The molecular formula is C18H28N2O. The molecule has 116 valence electrons. The predicted molar refractivity (Wildman–Crippen MR) is 89.1 cm³/mol. The van der Waals surface area contributed by atoms with Crippen molar-refractivity contribution >= 4 is 11.4 Å². The third-order valence-electron chi connectivity index (χ3n) is 4.87. The average Bonchev–Trinajstić information content (AvgIpc) is 2.74. The van der Waals surface area contributed by atoms with Crippen molar-refractivity contribution in [2.75, 3.05) is 36.5 Å². The van der Waals surface area contributed by atoms with E-state index in [1.807, 2.05) is 0 Å². The van der Waals surface area contributed by atoms with Crippen molar-refractivity contribution in [1.29, 1.82) is 0 Å². The number of ether oxygens (including phenoxy) is 1. The van der Waals surface area contributed by atoms with Gasteiger partial charge in [0.15, 0.2) is 0 Å². The molecular weight excluding hydrogens is 260 g/mol. The Labute approximate surface area is 128 Å². The van der Waals surface area contributed by atoms with Crippen LogP contribution in [0.15, 0.2) is 24.3 Å². The summed E-state index contributed by atoms with van der Waals surface area (Å²) >= 11 is 0. The normalized spacial score (nSPS) is 27.2. The second kappa shape index (κ2) is 7.17. The monoisotopic (exact) mass is 288 g/mol. The van der Waals surface area contributed by atoms with Crippen molar-refractivity contribution < 1.29 is 4.74 Å². The fraction of sp³-hybridized carbons (Fsp3) is 0.667. The van der Waals surface area contributed by atoms with E-state index in [1.165, 1.54) is 43.5 Å². The molecule has 3 heteroatoms. The van der Waals surface area contributed by atoms with Crippen molar-refractivity contribution in [3.63, 3.8) is 0 Å². The van der Waals surface area contributed by atoms with Crippen molar-refractivity contribution in [2.45, 2.75) is 45.1 Å². The fourth-order valence-corrected chi connectivity index (χ4v) is 3.46. The number of nitrogens with one attached hydrogen (secondary N) is 1. The van der Waals surface area contributed by atoms with Crippen molar-refractivity contribution in [3.05, 3.63) is 24.3 Å². The van der Waals surface area contributed by atoms with Crippen LogP contribution in [0.1, 0.15) is 39.0 Å². The van der Waals surface area contributed by atoms with E-state index in [-0.39, 0.29) is 0 Å². The van der Waals surface area contributed by atoms with Crippen LogP contribution in [-0.2, 0) is 4.74 Å². The van der Waals surface area contributed by atoms with Gasteiger partial charge in [-0.25, -0.2) is 0 Å². The Hall–Kier alpha value is -1.22. The lowest BCUT2D eigenvalue weighted by Gasteiger charge is -2.29. The molecule has 1 aromatic carbocycles. The van der Waals surface area contributed by atoms with E-state index in [4.69, 9.17) is 4.74 Å². The first kappa shape index (κ1) is 14.7. The zero-order chi connectivity index (χ0) is 14.5. The first-order valence-electron chi connectivity index (χ1n) is 8.50. The maximum atomic E-state index is 5.41. The molecule has 2 unspecified atom stereocenters. The highest BCUT2D eigenvalue weighted by atomic mass is 16.5. The number of hydrogen-bond donors (Lipinski definition) is 1. The molecule has 3 rings (SSSR count). The predicted octanol–water partition coefficient (Wildman–Crippen LogP) is 3.90. The van der Waals surface area contributed by atoms with Crippen LogP contribution < -0.4 is 10.2 Å². The molecule has 1 aromatic rings. The highest BCUT2D eigenvalue weighted by Gasteiger charge is 2.16. The van der Waals surface area contributed by atoms with Gasteiger partial charge in [0, 0.05) is 30.5 Å². The van der Waals surface area contributed by atoms with Crippen LogP contribution in [0, 0.1) is 5.92 Å². The minimum absolute atomic E-state index is 0.657. The molecule has 0 radical (unpaired) electrons. The third kappa shape index (κ3) is 4.13. The van der Waals surface area contributed by atoms with Crippen LogP contribution in [0.5, 0.6) is 0 Å². The van der Waals surface area contributed by atoms with Crippen LogP contribution >= 0.6 is 0 Å². The molecule has 1 saturated carbocycles. The van der Waals surface area contributed by atoms with Gasteiger partial charge in [-0.1, -0.05) is 19.8 Å². The molecule has 1 N–H and O–H groups in total. The summed E-state index contributed by atoms with van der Waals surface area (Å²) in [6, 6.07) is 9.61. The Balaban J connectivity index is 1.56. The van der Waals surface area contributed by atoms with Gasteiger partial charge in [-0.15, -0.1) is 0 Å². The average molecular weight is 288 g/mol. The SMILES string of the molecule is CC1CCCC(Nc2ccc(N3CCOCC3)cc2)CC1. The Bertz CT molecular complexity index is 425. The number of hydrogen-bond acceptors (Lipinski definition) is 3. The van der Waals surface area contributed by atoms with Gasteiger partial charge in [0.1, 0.15) is 0 Å². The lowest BCUT2D eigenvalue weighted by Crippen LogP contribution is -2.36. The molecule has 21 heavy (non-hydrogen) atoms. The molecule has 2 aliphatic rings.